The van der Waals surface area contributed by atoms with Crippen LogP contribution < -0.4 is 0 Å². The zero-order valence-electron chi connectivity index (χ0n) is 11.4. The van der Waals surface area contributed by atoms with Crippen LogP contribution in [0.15, 0.2) is 12.2 Å². The van der Waals surface area contributed by atoms with Crippen molar-refractivity contribution in [2.45, 2.75) is 45.4 Å². The molecule has 0 aliphatic carbocycles. The quantitative estimate of drug-likeness (QED) is 0.338. The number of hydrogen-bond donors (Lipinski definition) is 2. The highest BCUT2D eigenvalue weighted by atomic mass is 16.5. The molecule has 0 aliphatic heterocycles. The average Bonchev–Trinajstić information content (AvgIpc) is 2.35. The fourth-order valence-electron chi connectivity index (χ4n) is 1.69. The van der Waals surface area contributed by atoms with E-state index >= 15 is 0 Å². The van der Waals surface area contributed by atoms with Crippen molar-refractivity contribution in [2.24, 2.45) is 5.92 Å². The second kappa shape index (κ2) is 11.2. The van der Waals surface area contributed by atoms with Crippen LogP contribution in [0.25, 0.3) is 0 Å². The Morgan fingerprint density at radius 2 is 1.83 bits per heavy atom. The van der Waals surface area contributed by atoms with Gasteiger partial charge in [0.15, 0.2) is 0 Å². The highest BCUT2D eigenvalue weighted by Gasteiger charge is 2.06. The minimum absolute atomic E-state index is 0.141. The summed E-state index contributed by atoms with van der Waals surface area (Å²) in [4.78, 5) is 11.1. The largest absolute Gasteiger partial charge is 0.462 e. The van der Waals surface area contributed by atoms with Gasteiger partial charge in [-0.05, 0) is 32.1 Å². The fourth-order valence-corrected chi connectivity index (χ4v) is 1.69. The summed E-state index contributed by atoms with van der Waals surface area (Å²) < 4.78 is 4.98. The van der Waals surface area contributed by atoms with Crippen molar-refractivity contribution < 1.29 is 19.7 Å². The molecule has 0 fully saturated rings. The molecule has 0 radical (unpaired) electrons. The van der Waals surface area contributed by atoms with Crippen molar-refractivity contribution in [2.75, 3.05) is 19.8 Å². The van der Waals surface area contributed by atoms with Crippen LogP contribution in [0.2, 0.25) is 0 Å². The maximum absolute atomic E-state index is 11.1. The average molecular weight is 258 g/mol. The summed E-state index contributed by atoms with van der Waals surface area (Å²) in [6.07, 6.45) is 5.60. The Bertz CT molecular complexity index is 238. The molecule has 1 atom stereocenters. The Labute approximate surface area is 110 Å². The first kappa shape index (κ1) is 17.1. The van der Waals surface area contributed by atoms with Crippen LogP contribution >= 0.6 is 0 Å². The Morgan fingerprint density at radius 3 is 2.39 bits per heavy atom. The highest BCUT2D eigenvalue weighted by Crippen LogP contribution is 2.13. The topological polar surface area (TPSA) is 66.8 Å². The highest BCUT2D eigenvalue weighted by molar-refractivity contribution is 5.86. The fraction of sp³-hybridized carbons (Fsp3) is 0.786. The first-order chi connectivity index (χ1) is 8.61. The standard InChI is InChI=1S/C14H26O4/c1-12(2)14(17)18-10-6-4-3-5-7-13(11-16)8-9-15/h13,15-16H,1,3-11H2,2H3. The molecule has 18 heavy (non-hydrogen) atoms. The third-order valence-electron chi connectivity index (χ3n) is 2.88. The molecule has 1 unspecified atom stereocenters. The molecule has 0 aromatic rings. The molecule has 2 N–H and O–H groups in total. The Balaban J connectivity index is 3.35. The minimum atomic E-state index is -0.321. The zero-order chi connectivity index (χ0) is 13.8. The first-order valence-electron chi connectivity index (χ1n) is 6.66. The van der Waals surface area contributed by atoms with E-state index in [1.807, 2.05) is 0 Å². The summed E-state index contributed by atoms with van der Waals surface area (Å²) in [5.41, 5.74) is 0.435. The molecule has 0 rings (SSSR count). The lowest BCUT2D eigenvalue weighted by Gasteiger charge is -2.11. The lowest BCUT2D eigenvalue weighted by Crippen LogP contribution is -2.08. The van der Waals surface area contributed by atoms with Crippen LogP contribution in [0.1, 0.15) is 45.4 Å². The number of carbonyl (C=O) groups excluding carboxylic acids is 1. The molecule has 0 aliphatic rings. The predicted molar refractivity (Wildman–Crippen MR) is 71.1 cm³/mol. The molecular weight excluding hydrogens is 232 g/mol. The molecule has 0 aromatic carbocycles. The smallest absolute Gasteiger partial charge is 0.333 e. The van der Waals surface area contributed by atoms with E-state index < -0.39 is 0 Å². The van der Waals surface area contributed by atoms with Crippen LogP contribution in [-0.4, -0.2) is 36.0 Å². The first-order valence-corrected chi connectivity index (χ1v) is 6.66. The molecule has 0 saturated heterocycles. The van der Waals surface area contributed by atoms with E-state index in [1.54, 1.807) is 6.92 Å². The van der Waals surface area contributed by atoms with E-state index in [2.05, 4.69) is 6.58 Å². The minimum Gasteiger partial charge on any atom is -0.462 e. The van der Waals surface area contributed by atoms with Gasteiger partial charge in [0, 0.05) is 18.8 Å². The van der Waals surface area contributed by atoms with Crippen LogP contribution in [-0.2, 0) is 9.53 Å². The number of unbranched alkanes of at least 4 members (excludes halogenated alkanes) is 3. The third-order valence-corrected chi connectivity index (χ3v) is 2.88. The number of ether oxygens (including phenoxy) is 1. The monoisotopic (exact) mass is 258 g/mol. The van der Waals surface area contributed by atoms with E-state index in [4.69, 9.17) is 14.9 Å². The molecule has 0 spiro atoms. The van der Waals surface area contributed by atoms with Crippen LogP contribution in [0.5, 0.6) is 0 Å². The second-order valence-electron chi connectivity index (χ2n) is 4.68. The maximum Gasteiger partial charge on any atom is 0.333 e. The van der Waals surface area contributed by atoms with Gasteiger partial charge in [0.05, 0.1) is 6.61 Å². The van der Waals surface area contributed by atoms with Gasteiger partial charge in [0.1, 0.15) is 0 Å². The summed E-state index contributed by atoms with van der Waals surface area (Å²) in [5, 5.41) is 17.8. The van der Waals surface area contributed by atoms with Gasteiger partial charge < -0.3 is 14.9 Å². The molecule has 0 saturated carbocycles. The van der Waals surface area contributed by atoms with Gasteiger partial charge in [-0.2, -0.15) is 0 Å². The van der Waals surface area contributed by atoms with Crippen molar-refractivity contribution in [3.8, 4) is 0 Å². The van der Waals surface area contributed by atoms with Crippen LogP contribution in [0.4, 0.5) is 0 Å². The predicted octanol–water partition coefficient (Wildman–Crippen LogP) is 2.05. The summed E-state index contributed by atoms with van der Waals surface area (Å²) in [7, 11) is 0. The van der Waals surface area contributed by atoms with Crippen molar-refractivity contribution in [3.05, 3.63) is 12.2 Å². The maximum atomic E-state index is 11.1. The van der Waals surface area contributed by atoms with Crippen LogP contribution in [0, 0.1) is 5.92 Å². The van der Waals surface area contributed by atoms with E-state index in [1.165, 1.54) is 0 Å². The van der Waals surface area contributed by atoms with Crippen molar-refractivity contribution >= 4 is 5.97 Å². The summed E-state index contributed by atoms with van der Waals surface area (Å²) in [6.45, 7) is 5.89. The Hall–Kier alpha value is -0.870. The lowest BCUT2D eigenvalue weighted by atomic mass is 9.99. The van der Waals surface area contributed by atoms with Crippen molar-refractivity contribution in [1.29, 1.82) is 0 Å². The number of rotatable bonds is 11. The summed E-state index contributed by atoms with van der Waals surface area (Å²) in [5.74, 6) is -0.102. The number of aliphatic hydroxyl groups is 2. The SMILES string of the molecule is C=C(C)C(=O)OCCCCCCC(CO)CCO. The van der Waals surface area contributed by atoms with Crippen molar-refractivity contribution in [1.82, 2.24) is 0 Å². The number of aliphatic hydroxyl groups excluding tert-OH is 2. The normalized spacial score (nSPS) is 12.2. The van der Waals surface area contributed by atoms with E-state index in [9.17, 15) is 4.79 Å². The zero-order valence-corrected chi connectivity index (χ0v) is 11.4. The molecular formula is C14H26O4. The summed E-state index contributed by atoms with van der Waals surface area (Å²) >= 11 is 0. The van der Waals surface area contributed by atoms with Gasteiger partial charge in [-0.25, -0.2) is 4.79 Å². The van der Waals surface area contributed by atoms with Gasteiger partial charge in [0.2, 0.25) is 0 Å². The molecule has 4 heteroatoms. The molecule has 4 nitrogen and oxygen atoms in total. The molecule has 0 bridgehead atoms. The molecule has 0 heterocycles. The van der Waals surface area contributed by atoms with Crippen molar-refractivity contribution in [3.63, 3.8) is 0 Å². The third kappa shape index (κ3) is 9.19. The van der Waals surface area contributed by atoms with E-state index in [-0.39, 0.29) is 25.1 Å². The van der Waals surface area contributed by atoms with Gasteiger partial charge in [-0.15, -0.1) is 0 Å². The Morgan fingerprint density at radius 1 is 1.17 bits per heavy atom. The summed E-state index contributed by atoms with van der Waals surface area (Å²) in [6, 6.07) is 0. The van der Waals surface area contributed by atoms with Gasteiger partial charge in [0.25, 0.3) is 0 Å². The second-order valence-corrected chi connectivity index (χ2v) is 4.68. The number of carbonyl (C=O) groups is 1. The van der Waals surface area contributed by atoms with Gasteiger partial charge in [-0.1, -0.05) is 25.8 Å². The van der Waals surface area contributed by atoms with E-state index in [0.717, 1.165) is 32.1 Å². The molecule has 106 valence electrons. The van der Waals surface area contributed by atoms with Gasteiger partial charge >= 0.3 is 5.97 Å². The lowest BCUT2D eigenvalue weighted by molar-refractivity contribution is -0.139. The molecule has 0 aromatic heterocycles. The van der Waals surface area contributed by atoms with E-state index in [0.29, 0.717) is 18.6 Å². The number of esters is 1. The number of hydrogen-bond acceptors (Lipinski definition) is 4. The van der Waals surface area contributed by atoms with Gasteiger partial charge in [-0.3, -0.25) is 0 Å². The Kier molecular flexibility index (Phi) is 10.7. The molecule has 0 amide bonds. The van der Waals surface area contributed by atoms with Crippen LogP contribution in [0.3, 0.4) is 0 Å².